The molecule has 1 amide bonds. The lowest BCUT2D eigenvalue weighted by Crippen LogP contribution is -2.12. The lowest BCUT2D eigenvalue weighted by molar-refractivity contribution is 0.101. The predicted molar refractivity (Wildman–Crippen MR) is 53.7 cm³/mol. The highest BCUT2D eigenvalue weighted by Gasteiger charge is 2.08. The van der Waals surface area contributed by atoms with Crippen molar-refractivity contribution >= 4 is 23.2 Å². The number of halogens is 1. The van der Waals surface area contributed by atoms with Crippen LogP contribution in [0.25, 0.3) is 0 Å². The standard InChI is InChI=1S/C9H6ClN3O2/c10-8-2-1-6(5-11-8)12-9(14)7-3-4-15-13-7/h1-5H,(H,12,14). The first-order chi connectivity index (χ1) is 7.25. The van der Waals surface area contributed by atoms with Crippen molar-refractivity contribution in [3.63, 3.8) is 0 Å². The number of carbonyl (C=O) groups is 1. The molecule has 0 saturated heterocycles. The van der Waals surface area contributed by atoms with Crippen LogP contribution in [-0.4, -0.2) is 16.0 Å². The molecule has 76 valence electrons. The number of pyridine rings is 1. The highest BCUT2D eigenvalue weighted by Crippen LogP contribution is 2.10. The van der Waals surface area contributed by atoms with Crippen LogP contribution in [0.4, 0.5) is 5.69 Å². The second-order valence-corrected chi connectivity index (χ2v) is 3.10. The summed E-state index contributed by atoms with van der Waals surface area (Å²) in [6.07, 6.45) is 2.79. The molecule has 0 spiro atoms. The fraction of sp³-hybridized carbons (Fsp3) is 0. The third-order valence-electron chi connectivity index (χ3n) is 1.66. The van der Waals surface area contributed by atoms with E-state index in [0.717, 1.165) is 0 Å². The van der Waals surface area contributed by atoms with E-state index >= 15 is 0 Å². The first-order valence-corrected chi connectivity index (χ1v) is 4.47. The van der Waals surface area contributed by atoms with Gasteiger partial charge in [-0.05, 0) is 12.1 Å². The molecular weight excluding hydrogens is 218 g/mol. The fourth-order valence-corrected chi connectivity index (χ4v) is 1.09. The van der Waals surface area contributed by atoms with E-state index in [1.807, 2.05) is 0 Å². The zero-order valence-electron chi connectivity index (χ0n) is 7.48. The number of nitrogens with zero attached hydrogens (tertiary/aromatic N) is 2. The molecule has 0 aliphatic rings. The van der Waals surface area contributed by atoms with Crippen LogP contribution in [0.1, 0.15) is 10.5 Å². The molecule has 0 aliphatic heterocycles. The van der Waals surface area contributed by atoms with E-state index < -0.39 is 0 Å². The summed E-state index contributed by atoms with van der Waals surface area (Å²) in [5.74, 6) is -0.354. The number of rotatable bonds is 2. The quantitative estimate of drug-likeness (QED) is 0.791. The van der Waals surface area contributed by atoms with E-state index in [4.69, 9.17) is 11.6 Å². The summed E-state index contributed by atoms with van der Waals surface area (Å²) in [5.41, 5.74) is 0.761. The van der Waals surface area contributed by atoms with Gasteiger partial charge >= 0.3 is 0 Å². The maximum atomic E-state index is 11.5. The first-order valence-electron chi connectivity index (χ1n) is 4.09. The Hall–Kier alpha value is -1.88. The Morgan fingerprint density at radius 1 is 1.40 bits per heavy atom. The highest BCUT2D eigenvalue weighted by atomic mass is 35.5. The molecule has 2 rings (SSSR count). The molecule has 0 unspecified atom stereocenters. The Kier molecular flexibility index (Phi) is 2.64. The highest BCUT2D eigenvalue weighted by molar-refractivity contribution is 6.29. The number of hydrogen-bond donors (Lipinski definition) is 1. The third kappa shape index (κ3) is 2.32. The van der Waals surface area contributed by atoms with Crippen LogP contribution in [0.15, 0.2) is 35.2 Å². The number of amides is 1. The number of carbonyl (C=O) groups excluding carboxylic acids is 1. The first kappa shape index (κ1) is 9.67. The molecule has 0 aromatic carbocycles. The number of hydrogen-bond acceptors (Lipinski definition) is 4. The normalized spacial score (nSPS) is 9.93. The van der Waals surface area contributed by atoms with Crippen molar-refractivity contribution in [2.45, 2.75) is 0 Å². The van der Waals surface area contributed by atoms with Crippen molar-refractivity contribution in [2.75, 3.05) is 5.32 Å². The smallest absolute Gasteiger partial charge is 0.277 e. The lowest BCUT2D eigenvalue weighted by atomic mass is 10.3. The Labute approximate surface area is 90.1 Å². The molecule has 5 nitrogen and oxygen atoms in total. The zero-order chi connectivity index (χ0) is 10.7. The van der Waals surface area contributed by atoms with Crippen LogP contribution in [0.3, 0.4) is 0 Å². The van der Waals surface area contributed by atoms with Crippen molar-refractivity contribution in [3.8, 4) is 0 Å². The molecule has 0 aliphatic carbocycles. The largest absolute Gasteiger partial charge is 0.364 e. The van der Waals surface area contributed by atoms with Gasteiger partial charge < -0.3 is 9.84 Å². The van der Waals surface area contributed by atoms with Crippen LogP contribution >= 0.6 is 11.6 Å². The number of nitrogens with one attached hydrogen (secondary N) is 1. The van der Waals surface area contributed by atoms with Gasteiger partial charge in [-0.2, -0.15) is 0 Å². The maximum absolute atomic E-state index is 11.5. The summed E-state index contributed by atoms with van der Waals surface area (Å²) in [7, 11) is 0. The minimum atomic E-state index is -0.354. The molecule has 0 radical (unpaired) electrons. The maximum Gasteiger partial charge on any atom is 0.277 e. The van der Waals surface area contributed by atoms with Crippen molar-refractivity contribution < 1.29 is 9.32 Å². The van der Waals surface area contributed by atoms with Gasteiger partial charge in [0.25, 0.3) is 5.91 Å². The SMILES string of the molecule is O=C(Nc1ccc(Cl)nc1)c1ccon1. The average molecular weight is 224 g/mol. The summed E-state index contributed by atoms with van der Waals surface area (Å²) >= 11 is 5.60. The van der Waals surface area contributed by atoms with Gasteiger partial charge in [-0.15, -0.1) is 0 Å². The monoisotopic (exact) mass is 223 g/mol. The van der Waals surface area contributed by atoms with Gasteiger partial charge in [-0.3, -0.25) is 4.79 Å². The average Bonchev–Trinajstić information content (AvgIpc) is 2.74. The number of anilines is 1. The van der Waals surface area contributed by atoms with Gasteiger partial charge in [-0.25, -0.2) is 4.98 Å². The summed E-state index contributed by atoms with van der Waals surface area (Å²) in [6, 6.07) is 4.70. The van der Waals surface area contributed by atoms with Gasteiger partial charge in [0.2, 0.25) is 0 Å². The van der Waals surface area contributed by atoms with E-state index in [1.165, 1.54) is 18.5 Å². The third-order valence-corrected chi connectivity index (χ3v) is 1.88. The van der Waals surface area contributed by atoms with Crippen molar-refractivity contribution in [1.29, 1.82) is 0 Å². The second kappa shape index (κ2) is 4.10. The van der Waals surface area contributed by atoms with E-state index in [9.17, 15) is 4.79 Å². The Morgan fingerprint density at radius 3 is 2.87 bits per heavy atom. The zero-order valence-corrected chi connectivity index (χ0v) is 8.23. The number of aromatic nitrogens is 2. The van der Waals surface area contributed by atoms with Crippen LogP contribution < -0.4 is 5.32 Å². The molecular formula is C9H6ClN3O2. The molecule has 0 fully saturated rings. The summed E-state index contributed by atoms with van der Waals surface area (Å²) in [6.45, 7) is 0. The van der Waals surface area contributed by atoms with E-state index in [1.54, 1.807) is 12.1 Å². The fourth-order valence-electron chi connectivity index (χ4n) is 0.975. The second-order valence-electron chi connectivity index (χ2n) is 2.71. The summed E-state index contributed by atoms with van der Waals surface area (Å²) < 4.78 is 4.54. The van der Waals surface area contributed by atoms with Crippen molar-refractivity contribution in [3.05, 3.63) is 41.5 Å². The molecule has 15 heavy (non-hydrogen) atoms. The van der Waals surface area contributed by atoms with Gasteiger partial charge in [0.05, 0.1) is 11.9 Å². The minimum absolute atomic E-state index is 0.213. The van der Waals surface area contributed by atoms with Crippen LogP contribution in [0.5, 0.6) is 0 Å². The Morgan fingerprint density at radius 2 is 2.27 bits per heavy atom. The topological polar surface area (TPSA) is 68.0 Å². The summed E-state index contributed by atoms with van der Waals surface area (Å²) in [4.78, 5) is 15.3. The van der Waals surface area contributed by atoms with Crippen molar-refractivity contribution in [2.24, 2.45) is 0 Å². The molecule has 2 aromatic rings. The van der Waals surface area contributed by atoms with Gasteiger partial charge in [0.1, 0.15) is 11.4 Å². The molecule has 6 heteroatoms. The molecule has 2 heterocycles. The van der Waals surface area contributed by atoms with Gasteiger partial charge in [0.15, 0.2) is 5.69 Å². The molecule has 0 atom stereocenters. The van der Waals surface area contributed by atoms with Crippen LogP contribution in [0.2, 0.25) is 5.15 Å². The predicted octanol–water partition coefficient (Wildman–Crippen LogP) is 1.98. The van der Waals surface area contributed by atoms with E-state index in [-0.39, 0.29) is 11.6 Å². The molecule has 1 N–H and O–H groups in total. The van der Waals surface area contributed by atoms with Crippen molar-refractivity contribution in [1.82, 2.24) is 10.1 Å². The molecule has 0 bridgehead atoms. The molecule has 2 aromatic heterocycles. The lowest BCUT2D eigenvalue weighted by Gasteiger charge is -2.01. The van der Waals surface area contributed by atoms with Crippen LogP contribution in [-0.2, 0) is 0 Å². The Balaban J connectivity index is 2.09. The van der Waals surface area contributed by atoms with Gasteiger partial charge in [-0.1, -0.05) is 16.8 Å². The Bertz CT molecular complexity index is 453. The summed E-state index contributed by atoms with van der Waals surface area (Å²) in [5, 5.41) is 6.46. The van der Waals surface area contributed by atoms with E-state index in [2.05, 4.69) is 20.0 Å². The van der Waals surface area contributed by atoms with E-state index in [0.29, 0.717) is 10.8 Å². The molecule has 0 saturated carbocycles. The minimum Gasteiger partial charge on any atom is -0.364 e. The van der Waals surface area contributed by atoms with Crippen LogP contribution in [0, 0.1) is 0 Å². The van der Waals surface area contributed by atoms with Gasteiger partial charge in [0, 0.05) is 6.07 Å².